The number of rotatable bonds is 4. The Balaban J connectivity index is 1.95. The van der Waals surface area contributed by atoms with E-state index in [1.807, 2.05) is 43.6 Å². The SMILES string of the molecule is CCNc1cncc(Cc2ccnc3ccccc23)n1. The molecule has 20 heavy (non-hydrogen) atoms. The van der Waals surface area contributed by atoms with Crippen molar-refractivity contribution in [1.82, 2.24) is 15.0 Å². The van der Waals surface area contributed by atoms with Crippen LogP contribution in [0.2, 0.25) is 0 Å². The van der Waals surface area contributed by atoms with E-state index in [9.17, 15) is 0 Å². The highest BCUT2D eigenvalue weighted by Gasteiger charge is 2.04. The van der Waals surface area contributed by atoms with Gasteiger partial charge in [-0.2, -0.15) is 0 Å². The molecule has 3 aromatic rings. The summed E-state index contributed by atoms with van der Waals surface area (Å²) in [5.74, 6) is 0.823. The molecule has 0 spiro atoms. The van der Waals surface area contributed by atoms with Gasteiger partial charge in [-0.25, -0.2) is 4.98 Å². The lowest BCUT2D eigenvalue weighted by molar-refractivity contribution is 1.02. The summed E-state index contributed by atoms with van der Waals surface area (Å²) in [5.41, 5.74) is 3.19. The van der Waals surface area contributed by atoms with Crippen LogP contribution in [0, 0.1) is 0 Å². The highest BCUT2D eigenvalue weighted by Crippen LogP contribution is 2.18. The molecule has 0 aliphatic heterocycles. The largest absolute Gasteiger partial charge is 0.369 e. The number of nitrogens with one attached hydrogen (secondary N) is 1. The lowest BCUT2D eigenvalue weighted by Crippen LogP contribution is -2.03. The van der Waals surface area contributed by atoms with Gasteiger partial charge in [-0.1, -0.05) is 18.2 Å². The van der Waals surface area contributed by atoms with Crippen LogP contribution < -0.4 is 5.32 Å². The molecule has 0 aliphatic rings. The number of pyridine rings is 1. The fraction of sp³-hybridized carbons (Fsp3) is 0.188. The Morgan fingerprint density at radius 2 is 2.00 bits per heavy atom. The van der Waals surface area contributed by atoms with Crippen molar-refractivity contribution >= 4 is 16.7 Å². The minimum atomic E-state index is 0.759. The van der Waals surface area contributed by atoms with Crippen LogP contribution in [0.15, 0.2) is 48.9 Å². The van der Waals surface area contributed by atoms with E-state index in [0.717, 1.165) is 30.0 Å². The van der Waals surface area contributed by atoms with Crippen molar-refractivity contribution in [2.24, 2.45) is 0 Å². The average molecular weight is 264 g/mol. The highest BCUT2D eigenvalue weighted by atomic mass is 15.0. The van der Waals surface area contributed by atoms with Crippen LogP contribution in [0.1, 0.15) is 18.2 Å². The predicted molar refractivity (Wildman–Crippen MR) is 80.7 cm³/mol. The Labute approximate surface area is 117 Å². The van der Waals surface area contributed by atoms with E-state index in [2.05, 4.69) is 26.3 Å². The van der Waals surface area contributed by atoms with Gasteiger partial charge in [0.05, 0.1) is 17.4 Å². The van der Waals surface area contributed by atoms with Crippen LogP contribution in [0.3, 0.4) is 0 Å². The third-order valence-corrected chi connectivity index (χ3v) is 3.15. The molecule has 0 fully saturated rings. The maximum absolute atomic E-state index is 4.57. The number of anilines is 1. The van der Waals surface area contributed by atoms with Crippen LogP contribution in [0.5, 0.6) is 0 Å². The molecule has 0 bridgehead atoms. The van der Waals surface area contributed by atoms with Gasteiger partial charge in [-0.15, -0.1) is 0 Å². The van der Waals surface area contributed by atoms with Crippen molar-refractivity contribution < 1.29 is 0 Å². The molecule has 2 aromatic heterocycles. The first-order chi connectivity index (χ1) is 9.86. The fourth-order valence-electron chi connectivity index (χ4n) is 2.26. The number of para-hydroxylation sites is 1. The third kappa shape index (κ3) is 2.59. The van der Waals surface area contributed by atoms with E-state index in [1.54, 1.807) is 6.20 Å². The molecule has 1 aromatic carbocycles. The number of nitrogens with zero attached hydrogens (tertiary/aromatic N) is 3. The molecular weight excluding hydrogens is 248 g/mol. The zero-order valence-electron chi connectivity index (χ0n) is 11.4. The van der Waals surface area contributed by atoms with E-state index in [1.165, 1.54) is 10.9 Å². The van der Waals surface area contributed by atoms with Gasteiger partial charge in [0.15, 0.2) is 0 Å². The third-order valence-electron chi connectivity index (χ3n) is 3.15. The van der Waals surface area contributed by atoms with E-state index in [0.29, 0.717) is 0 Å². The molecule has 0 saturated carbocycles. The highest BCUT2D eigenvalue weighted by molar-refractivity contribution is 5.82. The Morgan fingerprint density at radius 3 is 2.90 bits per heavy atom. The Morgan fingerprint density at radius 1 is 1.10 bits per heavy atom. The van der Waals surface area contributed by atoms with Gasteiger partial charge in [0, 0.05) is 30.7 Å². The number of aromatic nitrogens is 3. The van der Waals surface area contributed by atoms with Gasteiger partial charge in [0.25, 0.3) is 0 Å². The normalized spacial score (nSPS) is 10.7. The maximum atomic E-state index is 4.57. The van der Waals surface area contributed by atoms with Gasteiger partial charge >= 0.3 is 0 Å². The summed E-state index contributed by atoms with van der Waals surface area (Å²) in [5, 5.41) is 4.36. The van der Waals surface area contributed by atoms with Gasteiger partial charge in [-0.05, 0) is 24.6 Å². The number of benzene rings is 1. The minimum absolute atomic E-state index is 0.759. The summed E-state index contributed by atoms with van der Waals surface area (Å²) in [4.78, 5) is 13.2. The summed E-state index contributed by atoms with van der Waals surface area (Å²) in [7, 11) is 0. The molecule has 0 radical (unpaired) electrons. The lowest BCUT2D eigenvalue weighted by Gasteiger charge is -2.07. The smallest absolute Gasteiger partial charge is 0.144 e. The van der Waals surface area contributed by atoms with Crippen LogP contribution >= 0.6 is 0 Å². The fourth-order valence-corrected chi connectivity index (χ4v) is 2.26. The van der Waals surface area contributed by atoms with Crippen molar-refractivity contribution in [3.8, 4) is 0 Å². The molecule has 0 atom stereocenters. The Kier molecular flexibility index (Phi) is 3.54. The molecule has 4 nitrogen and oxygen atoms in total. The molecule has 1 N–H and O–H groups in total. The predicted octanol–water partition coefficient (Wildman–Crippen LogP) is 3.05. The number of hydrogen-bond acceptors (Lipinski definition) is 4. The summed E-state index contributed by atoms with van der Waals surface area (Å²) in [6.45, 7) is 2.89. The molecule has 4 heteroatoms. The maximum Gasteiger partial charge on any atom is 0.144 e. The monoisotopic (exact) mass is 264 g/mol. The quantitative estimate of drug-likeness (QED) is 0.787. The van der Waals surface area contributed by atoms with Crippen molar-refractivity contribution in [2.45, 2.75) is 13.3 Å². The Hall–Kier alpha value is -2.49. The van der Waals surface area contributed by atoms with Gasteiger partial charge < -0.3 is 5.32 Å². The molecule has 2 heterocycles. The molecule has 3 rings (SSSR count). The zero-order chi connectivity index (χ0) is 13.8. The standard InChI is InChI=1S/C16H16N4/c1-2-18-16-11-17-10-13(20-16)9-12-7-8-19-15-6-4-3-5-14(12)15/h3-8,10-11H,2,9H2,1H3,(H,18,20). The van der Waals surface area contributed by atoms with Gasteiger partial charge in [-0.3, -0.25) is 9.97 Å². The number of hydrogen-bond donors (Lipinski definition) is 1. The van der Waals surface area contributed by atoms with Crippen LogP contribution in [0.4, 0.5) is 5.82 Å². The molecule has 100 valence electrons. The first-order valence-corrected chi connectivity index (χ1v) is 6.74. The summed E-state index contributed by atoms with van der Waals surface area (Å²) in [6, 6.07) is 10.2. The summed E-state index contributed by atoms with van der Waals surface area (Å²) >= 11 is 0. The lowest BCUT2D eigenvalue weighted by atomic mass is 10.1. The first kappa shape index (κ1) is 12.5. The van der Waals surface area contributed by atoms with Crippen molar-refractivity contribution in [1.29, 1.82) is 0 Å². The van der Waals surface area contributed by atoms with Crippen molar-refractivity contribution in [3.05, 3.63) is 60.2 Å². The van der Waals surface area contributed by atoms with E-state index in [4.69, 9.17) is 0 Å². The van der Waals surface area contributed by atoms with E-state index >= 15 is 0 Å². The van der Waals surface area contributed by atoms with Crippen LogP contribution in [0.25, 0.3) is 10.9 Å². The van der Waals surface area contributed by atoms with Gasteiger partial charge in [0.2, 0.25) is 0 Å². The molecule has 0 saturated heterocycles. The first-order valence-electron chi connectivity index (χ1n) is 6.74. The minimum Gasteiger partial charge on any atom is -0.369 e. The topological polar surface area (TPSA) is 50.7 Å². The van der Waals surface area contributed by atoms with Crippen LogP contribution in [-0.4, -0.2) is 21.5 Å². The van der Waals surface area contributed by atoms with Crippen molar-refractivity contribution in [3.63, 3.8) is 0 Å². The summed E-state index contributed by atoms with van der Waals surface area (Å²) < 4.78 is 0. The average Bonchev–Trinajstić information content (AvgIpc) is 2.48. The molecule has 0 aliphatic carbocycles. The van der Waals surface area contributed by atoms with Crippen LogP contribution in [-0.2, 0) is 6.42 Å². The van der Waals surface area contributed by atoms with Crippen molar-refractivity contribution in [2.75, 3.05) is 11.9 Å². The Bertz CT molecular complexity index is 719. The molecule has 0 amide bonds. The molecule has 0 unspecified atom stereocenters. The second-order valence-electron chi connectivity index (χ2n) is 4.59. The van der Waals surface area contributed by atoms with Gasteiger partial charge in [0.1, 0.15) is 5.82 Å². The van der Waals surface area contributed by atoms with E-state index in [-0.39, 0.29) is 0 Å². The zero-order valence-corrected chi connectivity index (χ0v) is 11.4. The second kappa shape index (κ2) is 5.65. The molecular formula is C16H16N4. The second-order valence-corrected chi connectivity index (χ2v) is 4.59. The number of fused-ring (bicyclic) bond motifs is 1. The van der Waals surface area contributed by atoms with E-state index < -0.39 is 0 Å². The summed E-state index contributed by atoms with van der Waals surface area (Å²) in [6.07, 6.45) is 6.17.